The molecule has 1 atom stereocenters. The fourth-order valence-electron chi connectivity index (χ4n) is 3.06. The molecule has 0 aliphatic carbocycles. The van der Waals surface area contributed by atoms with Gasteiger partial charge in [0.15, 0.2) is 12.4 Å². The third-order valence-electron chi connectivity index (χ3n) is 4.59. The van der Waals surface area contributed by atoms with E-state index < -0.39 is 0 Å². The zero-order valence-electron chi connectivity index (χ0n) is 15.6. The molecule has 2 heterocycles. The third kappa shape index (κ3) is 5.44. The highest BCUT2D eigenvalue weighted by atomic mass is 16.5. The minimum atomic E-state index is -0.129. The molecule has 1 aromatic carbocycles. The number of hydrogen-bond donors (Lipinski definition) is 0. The van der Waals surface area contributed by atoms with Crippen molar-refractivity contribution < 1.29 is 23.5 Å². The first-order valence-electron chi connectivity index (χ1n) is 9.33. The second-order valence-corrected chi connectivity index (χ2v) is 6.58. The standard InChI is InChI=1S/C21H25NO5/c1-2-20(23)16-7-9-17(10-8-16)27-15-21(24)22(13-18-5-3-11-25-18)14-19-6-4-12-26-19/h3,5,7-11,19H,2,4,6,12-15H2,1H3. The van der Waals surface area contributed by atoms with E-state index in [1.165, 1.54) is 0 Å². The largest absolute Gasteiger partial charge is 0.484 e. The number of ketones is 1. The molecule has 1 amide bonds. The van der Waals surface area contributed by atoms with Crippen molar-refractivity contribution in [3.8, 4) is 5.75 Å². The Kier molecular flexibility index (Phi) is 6.65. The van der Waals surface area contributed by atoms with Crippen molar-refractivity contribution in [3.05, 3.63) is 54.0 Å². The average Bonchev–Trinajstić information content (AvgIpc) is 3.39. The maximum Gasteiger partial charge on any atom is 0.261 e. The molecule has 0 spiro atoms. The Bertz CT molecular complexity index is 732. The van der Waals surface area contributed by atoms with Crippen LogP contribution in [0.15, 0.2) is 47.1 Å². The van der Waals surface area contributed by atoms with E-state index in [2.05, 4.69) is 0 Å². The molecule has 2 aromatic rings. The number of carbonyl (C=O) groups excluding carboxylic acids is 2. The van der Waals surface area contributed by atoms with Crippen LogP contribution in [0, 0.1) is 0 Å². The summed E-state index contributed by atoms with van der Waals surface area (Å²) >= 11 is 0. The molecule has 1 saturated heterocycles. The van der Waals surface area contributed by atoms with Crippen molar-refractivity contribution in [2.75, 3.05) is 19.8 Å². The molecule has 1 aromatic heterocycles. The normalized spacial score (nSPS) is 16.3. The number of benzene rings is 1. The Morgan fingerprint density at radius 1 is 1.22 bits per heavy atom. The van der Waals surface area contributed by atoms with Crippen LogP contribution in [0.5, 0.6) is 5.75 Å². The summed E-state index contributed by atoms with van der Waals surface area (Å²) in [5.41, 5.74) is 0.647. The Labute approximate surface area is 159 Å². The summed E-state index contributed by atoms with van der Waals surface area (Å²) < 4.78 is 16.7. The lowest BCUT2D eigenvalue weighted by Gasteiger charge is -2.24. The van der Waals surface area contributed by atoms with Crippen LogP contribution in [-0.2, 0) is 16.1 Å². The highest BCUT2D eigenvalue weighted by molar-refractivity contribution is 5.95. The first-order chi connectivity index (χ1) is 13.2. The van der Waals surface area contributed by atoms with Gasteiger partial charge in [0.25, 0.3) is 5.91 Å². The van der Waals surface area contributed by atoms with Crippen LogP contribution in [0.25, 0.3) is 0 Å². The van der Waals surface area contributed by atoms with Crippen molar-refractivity contribution >= 4 is 11.7 Å². The smallest absolute Gasteiger partial charge is 0.261 e. The van der Waals surface area contributed by atoms with Gasteiger partial charge in [0.1, 0.15) is 11.5 Å². The maximum atomic E-state index is 12.7. The topological polar surface area (TPSA) is 69.0 Å². The van der Waals surface area contributed by atoms with Crippen molar-refractivity contribution in [2.45, 2.75) is 38.8 Å². The second kappa shape index (κ2) is 9.37. The van der Waals surface area contributed by atoms with Gasteiger partial charge in [-0.3, -0.25) is 9.59 Å². The van der Waals surface area contributed by atoms with Crippen LogP contribution in [-0.4, -0.2) is 42.5 Å². The number of hydrogen-bond acceptors (Lipinski definition) is 5. The number of amides is 1. The van der Waals surface area contributed by atoms with Crippen molar-refractivity contribution in [1.82, 2.24) is 4.90 Å². The highest BCUT2D eigenvalue weighted by Gasteiger charge is 2.23. The Morgan fingerprint density at radius 3 is 2.67 bits per heavy atom. The first-order valence-corrected chi connectivity index (χ1v) is 9.33. The van der Waals surface area contributed by atoms with Crippen molar-refractivity contribution in [2.24, 2.45) is 0 Å². The molecule has 27 heavy (non-hydrogen) atoms. The second-order valence-electron chi connectivity index (χ2n) is 6.58. The zero-order valence-corrected chi connectivity index (χ0v) is 15.6. The lowest BCUT2D eigenvalue weighted by molar-refractivity contribution is -0.135. The molecular formula is C21H25NO5. The third-order valence-corrected chi connectivity index (χ3v) is 4.59. The van der Waals surface area contributed by atoms with Gasteiger partial charge in [0.2, 0.25) is 0 Å². The molecule has 0 N–H and O–H groups in total. The van der Waals surface area contributed by atoms with Gasteiger partial charge in [-0.15, -0.1) is 0 Å². The summed E-state index contributed by atoms with van der Waals surface area (Å²) in [6, 6.07) is 10.5. The number of ether oxygens (including phenoxy) is 2. The van der Waals surface area contributed by atoms with Crippen LogP contribution in [0.1, 0.15) is 42.3 Å². The SMILES string of the molecule is CCC(=O)c1ccc(OCC(=O)N(Cc2ccco2)CC2CCCO2)cc1. The molecule has 0 radical (unpaired) electrons. The average molecular weight is 371 g/mol. The summed E-state index contributed by atoms with van der Waals surface area (Å²) in [4.78, 5) is 26.1. The van der Waals surface area contributed by atoms with Gasteiger partial charge in [-0.1, -0.05) is 6.92 Å². The molecule has 6 heteroatoms. The number of nitrogens with zero attached hydrogens (tertiary/aromatic N) is 1. The summed E-state index contributed by atoms with van der Waals surface area (Å²) in [6.45, 7) is 3.40. The molecule has 1 fully saturated rings. The van der Waals surface area contributed by atoms with Gasteiger partial charge in [-0.05, 0) is 49.2 Å². The Balaban J connectivity index is 1.58. The minimum Gasteiger partial charge on any atom is -0.484 e. The molecule has 144 valence electrons. The van der Waals surface area contributed by atoms with Crippen LogP contribution < -0.4 is 4.74 Å². The van der Waals surface area contributed by atoms with E-state index in [-0.39, 0.29) is 24.4 Å². The van der Waals surface area contributed by atoms with E-state index in [1.54, 1.807) is 41.5 Å². The van der Waals surface area contributed by atoms with Gasteiger partial charge in [0, 0.05) is 25.1 Å². The number of Topliss-reactive ketones (excluding diaryl/α,β-unsaturated/α-hetero) is 1. The van der Waals surface area contributed by atoms with E-state index in [1.807, 2.05) is 13.0 Å². The van der Waals surface area contributed by atoms with Gasteiger partial charge >= 0.3 is 0 Å². The lowest BCUT2D eigenvalue weighted by atomic mass is 10.1. The molecule has 6 nitrogen and oxygen atoms in total. The molecule has 0 bridgehead atoms. The summed E-state index contributed by atoms with van der Waals surface area (Å²) in [5, 5.41) is 0. The van der Waals surface area contributed by atoms with E-state index >= 15 is 0 Å². The van der Waals surface area contributed by atoms with Crippen LogP contribution in [0.2, 0.25) is 0 Å². The Morgan fingerprint density at radius 2 is 2.04 bits per heavy atom. The van der Waals surface area contributed by atoms with E-state index in [0.717, 1.165) is 25.2 Å². The predicted octanol–water partition coefficient (Wildman–Crippen LogP) is 3.46. The molecule has 0 saturated carbocycles. The van der Waals surface area contributed by atoms with Crippen molar-refractivity contribution in [3.63, 3.8) is 0 Å². The molecule has 1 aliphatic rings. The Hall–Kier alpha value is -2.60. The quantitative estimate of drug-likeness (QED) is 0.632. The van der Waals surface area contributed by atoms with Crippen LogP contribution in [0.3, 0.4) is 0 Å². The molecular weight excluding hydrogens is 346 g/mol. The van der Waals surface area contributed by atoms with Crippen LogP contribution in [0.4, 0.5) is 0 Å². The van der Waals surface area contributed by atoms with E-state index in [9.17, 15) is 9.59 Å². The summed E-state index contributed by atoms with van der Waals surface area (Å²) in [5.74, 6) is 1.24. The number of furan rings is 1. The fraction of sp³-hybridized carbons (Fsp3) is 0.429. The summed E-state index contributed by atoms with van der Waals surface area (Å²) in [6.07, 6.45) is 4.09. The molecule has 1 unspecified atom stereocenters. The fourth-order valence-corrected chi connectivity index (χ4v) is 3.06. The van der Waals surface area contributed by atoms with Crippen LogP contribution >= 0.6 is 0 Å². The first kappa shape index (κ1) is 19.2. The lowest BCUT2D eigenvalue weighted by Crippen LogP contribution is -2.39. The van der Waals surface area contributed by atoms with Gasteiger partial charge < -0.3 is 18.8 Å². The van der Waals surface area contributed by atoms with E-state index in [4.69, 9.17) is 13.9 Å². The number of carbonyl (C=O) groups is 2. The zero-order chi connectivity index (χ0) is 19.1. The number of rotatable bonds is 9. The van der Waals surface area contributed by atoms with E-state index in [0.29, 0.717) is 30.8 Å². The highest BCUT2D eigenvalue weighted by Crippen LogP contribution is 2.17. The van der Waals surface area contributed by atoms with Crippen molar-refractivity contribution in [1.29, 1.82) is 0 Å². The van der Waals surface area contributed by atoms with Gasteiger partial charge in [0.05, 0.1) is 18.9 Å². The maximum absolute atomic E-state index is 12.7. The molecule has 1 aliphatic heterocycles. The van der Waals surface area contributed by atoms with Gasteiger partial charge in [-0.2, -0.15) is 0 Å². The predicted molar refractivity (Wildman–Crippen MR) is 99.7 cm³/mol. The minimum absolute atomic E-state index is 0.0586. The summed E-state index contributed by atoms with van der Waals surface area (Å²) in [7, 11) is 0. The van der Waals surface area contributed by atoms with Gasteiger partial charge in [-0.25, -0.2) is 0 Å². The monoisotopic (exact) mass is 371 g/mol. The molecule has 3 rings (SSSR count).